The topological polar surface area (TPSA) is 29.9 Å². The van der Waals surface area contributed by atoms with Gasteiger partial charge in [0.05, 0.1) is 6.54 Å². The molecule has 0 atom stereocenters. The van der Waals surface area contributed by atoms with Crippen molar-refractivity contribution in [3.05, 3.63) is 29.6 Å². The van der Waals surface area contributed by atoms with Gasteiger partial charge in [-0.1, -0.05) is 11.6 Å². The number of hydrogen-bond donors (Lipinski definition) is 1. The van der Waals surface area contributed by atoms with Gasteiger partial charge >= 0.3 is 0 Å². The van der Waals surface area contributed by atoms with Crippen LogP contribution in [0.15, 0.2) is 29.6 Å². The van der Waals surface area contributed by atoms with Crippen LogP contribution in [0, 0.1) is 0 Å². The van der Waals surface area contributed by atoms with E-state index in [0.717, 1.165) is 25.2 Å². The minimum Gasteiger partial charge on any atom is -0.311 e. The number of nitrogens with one attached hydrogen (secondary N) is 1. The van der Waals surface area contributed by atoms with Gasteiger partial charge < -0.3 is 5.32 Å². The Bertz CT molecular complexity index is 254. The number of rotatable bonds is 5. The highest BCUT2D eigenvalue weighted by atomic mass is 35.5. The van der Waals surface area contributed by atoms with Crippen molar-refractivity contribution in [1.82, 2.24) is 15.1 Å². The Morgan fingerprint density at radius 1 is 1.69 bits per heavy atom. The summed E-state index contributed by atoms with van der Waals surface area (Å²) in [5.74, 6) is 0. The molecule has 0 fully saturated rings. The number of aromatic nitrogens is 2. The third kappa shape index (κ3) is 4.10. The summed E-state index contributed by atoms with van der Waals surface area (Å²) in [5.41, 5.74) is 2.74. The second kappa shape index (κ2) is 5.78. The monoisotopic (exact) mass is 199 g/mol. The van der Waals surface area contributed by atoms with Crippen LogP contribution in [0.4, 0.5) is 0 Å². The summed E-state index contributed by atoms with van der Waals surface area (Å²) < 4.78 is 1.90. The molecule has 1 rings (SSSR count). The number of hydrogen-bond acceptors (Lipinski definition) is 2. The number of nitrogens with zero attached hydrogens (tertiary/aromatic N) is 2. The molecule has 0 aliphatic rings. The summed E-state index contributed by atoms with van der Waals surface area (Å²) >= 11 is 5.51. The lowest BCUT2D eigenvalue weighted by molar-refractivity contribution is 0.569. The molecule has 0 saturated carbocycles. The van der Waals surface area contributed by atoms with Crippen LogP contribution < -0.4 is 5.32 Å². The fourth-order valence-electron chi connectivity index (χ4n) is 0.950. The minimum absolute atomic E-state index is 0.838. The van der Waals surface area contributed by atoms with Crippen molar-refractivity contribution < 1.29 is 0 Å². The average Bonchev–Trinajstić information content (AvgIpc) is 2.64. The summed E-state index contributed by atoms with van der Waals surface area (Å²) in [4.78, 5) is 0. The molecule has 1 aromatic heterocycles. The average molecular weight is 200 g/mol. The van der Waals surface area contributed by atoms with E-state index in [1.807, 2.05) is 23.9 Å². The minimum atomic E-state index is 0.838. The molecule has 3 nitrogen and oxygen atoms in total. The Labute approximate surface area is 83.4 Å². The second-order valence-electron chi connectivity index (χ2n) is 2.90. The van der Waals surface area contributed by atoms with Crippen LogP contribution in [0.5, 0.6) is 0 Å². The molecular weight excluding hydrogens is 186 g/mol. The SMILES string of the molecule is C/C(=C/Cl)CNCCn1cccn1. The van der Waals surface area contributed by atoms with Crippen LogP contribution in [-0.4, -0.2) is 22.9 Å². The first-order chi connectivity index (χ1) is 6.33. The zero-order valence-corrected chi connectivity index (χ0v) is 8.46. The van der Waals surface area contributed by atoms with Crippen LogP contribution in [0.2, 0.25) is 0 Å². The highest BCUT2D eigenvalue weighted by Crippen LogP contribution is 1.91. The van der Waals surface area contributed by atoms with Gasteiger partial charge in [0.1, 0.15) is 0 Å². The van der Waals surface area contributed by atoms with Crippen molar-refractivity contribution in [3.63, 3.8) is 0 Å². The highest BCUT2D eigenvalue weighted by molar-refractivity contribution is 6.25. The lowest BCUT2D eigenvalue weighted by atomic mass is 10.3. The standard InChI is InChI=1S/C9H14ClN3/c1-9(7-10)8-11-4-6-13-5-2-3-12-13/h2-3,5,7,11H,4,6,8H2,1H3/b9-7-. The van der Waals surface area contributed by atoms with E-state index in [1.165, 1.54) is 0 Å². The predicted octanol–water partition coefficient (Wildman–Crippen LogP) is 1.62. The third-order valence-corrected chi connectivity index (χ3v) is 2.04. The van der Waals surface area contributed by atoms with E-state index in [4.69, 9.17) is 11.6 Å². The van der Waals surface area contributed by atoms with Gasteiger partial charge in [-0.15, -0.1) is 0 Å². The molecular formula is C9H14ClN3. The molecule has 0 amide bonds. The normalized spacial score (nSPS) is 12.0. The Hall–Kier alpha value is -0.800. The maximum atomic E-state index is 5.51. The number of halogens is 1. The first-order valence-electron chi connectivity index (χ1n) is 4.27. The molecule has 13 heavy (non-hydrogen) atoms. The fraction of sp³-hybridized carbons (Fsp3) is 0.444. The van der Waals surface area contributed by atoms with Crippen LogP contribution in [0.1, 0.15) is 6.92 Å². The Morgan fingerprint density at radius 3 is 3.15 bits per heavy atom. The largest absolute Gasteiger partial charge is 0.311 e. The van der Waals surface area contributed by atoms with E-state index >= 15 is 0 Å². The molecule has 0 aliphatic heterocycles. The van der Waals surface area contributed by atoms with Gasteiger partial charge in [-0.2, -0.15) is 5.10 Å². The Balaban J connectivity index is 2.08. The molecule has 0 aromatic carbocycles. The molecule has 0 bridgehead atoms. The summed E-state index contributed by atoms with van der Waals surface area (Å²) in [7, 11) is 0. The molecule has 0 saturated heterocycles. The van der Waals surface area contributed by atoms with Crippen LogP contribution >= 0.6 is 11.6 Å². The highest BCUT2D eigenvalue weighted by Gasteiger charge is 1.90. The molecule has 0 unspecified atom stereocenters. The first kappa shape index (κ1) is 10.3. The lowest BCUT2D eigenvalue weighted by Gasteiger charge is -2.04. The zero-order chi connectivity index (χ0) is 9.52. The molecule has 0 radical (unpaired) electrons. The van der Waals surface area contributed by atoms with E-state index in [0.29, 0.717) is 0 Å². The van der Waals surface area contributed by atoms with Crippen molar-refractivity contribution in [1.29, 1.82) is 0 Å². The molecule has 1 N–H and O–H groups in total. The van der Waals surface area contributed by atoms with Gasteiger partial charge in [0, 0.05) is 31.0 Å². The smallest absolute Gasteiger partial charge is 0.0534 e. The lowest BCUT2D eigenvalue weighted by Crippen LogP contribution is -2.21. The van der Waals surface area contributed by atoms with Gasteiger partial charge in [0.15, 0.2) is 0 Å². The Kier molecular flexibility index (Phi) is 4.57. The maximum absolute atomic E-state index is 5.51. The molecule has 1 heterocycles. The summed E-state index contributed by atoms with van der Waals surface area (Å²) in [6.07, 6.45) is 3.73. The van der Waals surface area contributed by atoms with Crippen molar-refractivity contribution in [2.45, 2.75) is 13.5 Å². The third-order valence-electron chi connectivity index (χ3n) is 1.67. The van der Waals surface area contributed by atoms with E-state index in [9.17, 15) is 0 Å². The predicted molar refractivity (Wildman–Crippen MR) is 54.7 cm³/mol. The molecule has 0 spiro atoms. The van der Waals surface area contributed by atoms with Crippen molar-refractivity contribution in [3.8, 4) is 0 Å². The molecule has 0 aliphatic carbocycles. The van der Waals surface area contributed by atoms with Crippen molar-refractivity contribution in [2.24, 2.45) is 0 Å². The first-order valence-corrected chi connectivity index (χ1v) is 4.70. The van der Waals surface area contributed by atoms with Crippen molar-refractivity contribution in [2.75, 3.05) is 13.1 Å². The second-order valence-corrected chi connectivity index (χ2v) is 3.12. The maximum Gasteiger partial charge on any atom is 0.0534 e. The van der Waals surface area contributed by atoms with Gasteiger partial charge in [-0.3, -0.25) is 4.68 Å². The van der Waals surface area contributed by atoms with Gasteiger partial charge in [-0.05, 0) is 18.6 Å². The van der Waals surface area contributed by atoms with E-state index in [-0.39, 0.29) is 0 Å². The van der Waals surface area contributed by atoms with Crippen LogP contribution in [-0.2, 0) is 6.54 Å². The quantitative estimate of drug-likeness (QED) is 0.731. The van der Waals surface area contributed by atoms with E-state index in [2.05, 4.69) is 10.4 Å². The van der Waals surface area contributed by atoms with Gasteiger partial charge in [0.2, 0.25) is 0 Å². The van der Waals surface area contributed by atoms with Crippen LogP contribution in [0.3, 0.4) is 0 Å². The fourth-order valence-corrected chi connectivity index (χ4v) is 1.03. The molecule has 1 aromatic rings. The van der Waals surface area contributed by atoms with Crippen LogP contribution in [0.25, 0.3) is 0 Å². The summed E-state index contributed by atoms with van der Waals surface area (Å²) in [6, 6.07) is 1.92. The van der Waals surface area contributed by atoms with E-state index in [1.54, 1.807) is 11.7 Å². The molecule has 72 valence electrons. The van der Waals surface area contributed by atoms with Gasteiger partial charge in [-0.25, -0.2) is 0 Å². The molecule has 4 heteroatoms. The zero-order valence-electron chi connectivity index (χ0n) is 7.70. The Morgan fingerprint density at radius 2 is 2.54 bits per heavy atom. The van der Waals surface area contributed by atoms with E-state index < -0.39 is 0 Å². The van der Waals surface area contributed by atoms with Gasteiger partial charge in [0.25, 0.3) is 0 Å². The summed E-state index contributed by atoms with van der Waals surface area (Å²) in [6.45, 7) is 4.63. The van der Waals surface area contributed by atoms with Crippen molar-refractivity contribution >= 4 is 11.6 Å². The summed E-state index contributed by atoms with van der Waals surface area (Å²) in [5, 5.41) is 7.35.